The van der Waals surface area contributed by atoms with Gasteiger partial charge in [0.1, 0.15) is 0 Å². The molecule has 0 atom stereocenters. The largest absolute Gasteiger partial charge is 0.356 e. The number of aliphatic hydroxyl groups excluding tert-OH is 1. The van der Waals surface area contributed by atoms with Gasteiger partial charge in [-0.05, 0) is 18.8 Å². The lowest BCUT2D eigenvalue weighted by molar-refractivity contribution is -0.162. The zero-order valence-corrected chi connectivity index (χ0v) is 6.32. The summed E-state index contributed by atoms with van der Waals surface area (Å²) in [7, 11) is 0. The first kappa shape index (κ1) is 7.98. The van der Waals surface area contributed by atoms with Gasteiger partial charge in [0, 0.05) is 13.1 Å². The van der Waals surface area contributed by atoms with Crippen molar-refractivity contribution >= 4 is 0 Å². The van der Waals surface area contributed by atoms with Gasteiger partial charge in [0.25, 0.3) is 0 Å². The van der Waals surface area contributed by atoms with Crippen LogP contribution in [0.1, 0.15) is 19.8 Å². The molecule has 1 heterocycles. The second-order valence-corrected chi connectivity index (χ2v) is 3.06. The van der Waals surface area contributed by atoms with Gasteiger partial charge in [-0.2, -0.15) is 0 Å². The van der Waals surface area contributed by atoms with E-state index in [1.54, 1.807) is 4.90 Å². The molecular formula is C7H15NO2. The Labute approximate surface area is 61.3 Å². The van der Waals surface area contributed by atoms with Crippen molar-refractivity contribution in [2.45, 2.75) is 26.2 Å². The van der Waals surface area contributed by atoms with Gasteiger partial charge in [0.05, 0.1) is 0 Å². The predicted molar refractivity (Wildman–Crippen MR) is 38.2 cm³/mol. The monoisotopic (exact) mass is 145 g/mol. The number of hydrogen-bond acceptors (Lipinski definition) is 3. The lowest BCUT2D eigenvalue weighted by Crippen LogP contribution is -2.40. The maximum absolute atomic E-state index is 8.74. The summed E-state index contributed by atoms with van der Waals surface area (Å²) in [6.45, 7) is 3.83. The summed E-state index contributed by atoms with van der Waals surface area (Å²) in [5.41, 5.74) is 0. The minimum atomic E-state index is -1.24. The quantitative estimate of drug-likeness (QED) is 0.510. The maximum Gasteiger partial charge on any atom is 0.213 e. The second-order valence-electron chi connectivity index (χ2n) is 3.06. The van der Waals surface area contributed by atoms with Gasteiger partial charge >= 0.3 is 0 Å². The van der Waals surface area contributed by atoms with Crippen molar-refractivity contribution in [1.29, 1.82) is 0 Å². The fourth-order valence-corrected chi connectivity index (χ4v) is 1.26. The van der Waals surface area contributed by atoms with Gasteiger partial charge in [0.2, 0.25) is 6.41 Å². The van der Waals surface area contributed by atoms with E-state index in [1.165, 1.54) is 0 Å². The van der Waals surface area contributed by atoms with E-state index >= 15 is 0 Å². The Kier molecular flexibility index (Phi) is 2.65. The minimum Gasteiger partial charge on any atom is -0.356 e. The van der Waals surface area contributed by atoms with Crippen molar-refractivity contribution in [1.82, 2.24) is 4.90 Å². The molecule has 2 N–H and O–H groups in total. The second kappa shape index (κ2) is 3.32. The van der Waals surface area contributed by atoms with Crippen LogP contribution in [0.4, 0.5) is 0 Å². The van der Waals surface area contributed by atoms with E-state index < -0.39 is 6.41 Å². The third-order valence-electron chi connectivity index (χ3n) is 2.14. The molecule has 0 amide bonds. The van der Waals surface area contributed by atoms with Crippen LogP contribution < -0.4 is 0 Å². The summed E-state index contributed by atoms with van der Waals surface area (Å²) in [6.07, 6.45) is 0.919. The Morgan fingerprint density at radius 1 is 1.30 bits per heavy atom. The van der Waals surface area contributed by atoms with Gasteiger partial charge in [-0.1, -0.05) is 6.92 Å². The lowest BCUT2D eigenvalue weighted by Gasteiger charge is -2.30. The summed E-state index contributed by atoms with van der Waals surface area (Å²) < 4.78 is 0. The minimum absolute atomic E-state index is 0.745. The average molecular weight is 145 g/mol. The fraction of sp³-hybridized carbons (Fsp3) is 1.00. The molecule has 0 aromatic heterocycles. The topological polar surface area (TPSA) is 43.7 Å². The molecule has 0 unspecified atom stereocenters. The third kappa shape index (κ3) is 1.94. The van der Waals surface area contributed by atoms with E-state index in [0.717, 1.165) is 31.8 Å². The Balaban J connectivity index is 2.26. The van der Waals surface area contributed by atoms with Crippen LogP contribution in [0, 0.1) is 5.92 Å². The molecule has 10 heavy (non-hydrogen) atoms. The highest BCUT2D eigenvalue weighted by Crippen LogP contribution is 2.16. The van der Waals surface area contributed by atoms with Crippen molar-refractivity contribution in [3.63, 3.8) is 0 Å². The summed E-state index contributed by atoms with van der Waals surface area (Å²) >= 11 is 0. The van der Waals surface area contributed by atoms with Gasteiger partial charge in [-0.15, -0.1) is 0 Å². The normalized spacial score (nSPS) is 24.0. The van der Waals surface area contributed by atoms with E-state index in [2.05, 4.69) is 6.92 Å². The molecule has 1 aliphatic heterocycles. The average Bonchev–Trinajstić information content (AvgIpc) is 1.88. The molecule has 1 fully saturated rings. The first-order valence-corrected chi connectivity index (χ1v) is 3.80. The van der Waals surface area contributed by atoms with E-state index in [1.807, 2.05) is 0 Å². The van der Waals surface area contributed by atoms with Crippen LogP contribution in [-0.4, -0.2) is 34.6 Å². The molecule has 0 saturated carbocycles. The molecule has 0 spiro atoms. The number of hydrogen-bond donors (Lipinski definition) is 2. The van der Waals surface area contributed by atoms with Crippen LogP contribution in [0.5, 0.6) is 0 Å². The van der Waals surface area contributed by atoms with Crippen molar-refractivity contribution < 1.29 is 10.2 Å². The lowest BCUT2D eigenvalue weighted by atomic mass is 10.00. The summed E-state index contributed by atoms with van der Waals surface area (Å²) in [5, 5.41) is 17.5. The summed E-state index contributed by atoms with van der Waals surface area (Å²) in [4.78, 5) is 1.68. The molecule has 0 aromatic rings. The number of nitrogens with zero attached hydrogens (tertiary/aromatic N) is 1. The smallest absolute Gasteiger partial charge is 0.213 e. The van der Waals surface area contributed by atoms with E-state index in [9.17, 15) is 0 Å². The number of rotatable bonds is 1. The zero-order chi connectivity index (χ0) is 7.56. The fourth-order valence-electron chi connectivity index (χ4n) is 1.26. The first-order chi connectivity index (χ1) is 4.70. The molecule has 1 rings (SSSR count). The van der Waals surface area contributed by atoms with Crippen LogP contribution in [0.3, 0.4) is 0 Å². The number of piperidine rings is 1. The van der Waals surface area contributed by atoms with E-state index in [-0.39, 0.29) is 0 Å². The van der Waals surface area contributed by atoms with Gasteiger partial charge < -0.3 is 10.2 Å². The van der Waals surface area contributed by atoms with Crippen molar-refractivity contribution in [2.75, 3.05) is 13.1 Å². The molecular weight excluding hydrogens is 130 g/mol. The Morgan fingerprint density at radius 3 is 2.20 bits per heavy atom. The number of aliphatic hydroxyl groups is 2. The SMILES string of the molecule is CC1CCN(C(O)O)CC1. The standard InChI is InChI=1S/C7H15NO2/c1-6-2-4-8(5-3-6)7(9)10/h6-7,9-10H,2-5H2,1H3. The molecule has 0 bridgehead atoms. The van der Waals surface area contributed by atoms with Crippen LogP contribution in [0.2, 0.25) is 0 Å². The highest BCUT2D eigenvalue weighted by atomic mass is 16.5. The molecule has 60 valence electrons. The van der Waals surface area contributed by atoms with Crippen LogP contribution in [0.25, 0.3) is 0 Å². The number of likely N-dealkylation sites (tertiary alicyclic amines) is 1. The molecule has 3 heteroatoms. The maximum atomic E-state index is 8.74. The van der Waals surface area contributed by atoms with Crippen molar-refractivity contribution in [3.05, 3.63) is 0 Å². The van der Waals surface area contributed by atoms with Gasteiger partial charge in [0.15, 0.2) is 0 Å². The van der Waals surface area contributed by atoms with Crippen LogP contribution in [0.15, 0.2) is 0 Å². The molecule has 0 aromatic carbocycles. The molecule has 3 nitrogen and oxygen atoms in total. The Morgan fingerprint density at radius 2 is 1.80 bits per heavy atom. The summed E-state index contributed by atoms with van der Waals surface area (Å²) in [5.74, 6) is 0.745. The Bertz CT molecular complexity index is 97.8. The first-order valence-electron chi connectivity index (χ1n) is 3.80. The van der Waals surface area contributed by atoms with E-state index in [4.69, 9.17) is 10.2 Å². The summed E-state index contributed by atoms with van der Waals surface area (Å²) in [6, 6.07) is 0. The van der Waals surface area contributed by atoms with E-state index in [0.29, 0.717) is 0 Å². The molecule has 0 aliphatic carbocycles. The van der Waals surface area contributed by atoms with Crippen LogP contribution >= 0.6 is 0 Å². The van der Waals surface area contributed by atoms with Gasteiger partial charge in [-0.25, -0.2) is 0 Å². The molecule has 0 radical (unpaired) electrons. The molecule has 1 saturated heterocycles. The van der Waals surface area contributed by atoms with Crippen molar-refractivity contribution in [3.8, 4) is 0 Å². The highest BCUT2D eigenvalue weighted by molar-refractivity contribution is 4.67. The Hall–Kier alpha value is -0.120. The zero-order valence-electron chi connectivity index (χ0n) is 6.32. The van der Waals surface area contributed by atoms with Crippen molar-refractivity contribution in [2.24, 2.45) is 5.92 Å². The predicted octanol–water partition coefficient (Wildman–Crippen LogP) is -0.0135. The molecule has 1 aliphatic rings. The van der Waals surface area contributed by atoms with Crippen LogP contribution in [-0.2, 0) is 0 Å². The third-order valence-corrected chi connectivity index (χ3v) is 2.14. The highest BCUT2D eigenvalue weighted by Gasteiger charge is 2.19. The van der Waals surface area contributed by atoms with Gasteiger partial charge in [-0.3, -0.25) is 4.90 Å².